The highest BCUT2D eigenvalue weighted by Crippen LogP contribution is 2.21. The zero-order valence-electron chi connectivity index (χ0n) is 66.8. The fourth-order valence-corrected chi connectivity index (χ4v) is 11.5. The molecule has 17 atom stereocenters. The molecule has 1 aromatic rings. The fourth-order valence-electron chi connectivity index (χ4n) is 11.5. The van der Waals surface area contributed by atoms with Crippen LogP contribution in [0, 0.1) is 23.7 Å². The van der Waals surface area contributed by atoms with Crippen LogP contribution in [0.5, 0.6) is 0 Å². The first-order valence-corrected chi connectivity index (χ1v) is 37.9. The molecule has 0 aromatic heterocycles. The monoisotopic (exact) mass is 1650 g/mol. The highest BCUT2D eigenvalue weighted by Gasteiger charge is 2.45. The Bertz CT molecular complexity index is 3550. The van der Waals surface area contributed by atoms with Gasteiger partial charge in [-0.05, 0) is 94.6 Å². The van der Waals surface area contributed by atoms with Crippen molar-refractivity contribution < 1.29 is 132 Å². The molecule has 0 saturated heterocycles. The molecule has 0 spiro atoms. The lowest BCUT2D eigenvalue weighted by molar-refractivity contribution is -0.157. The van der Waals surface area contributed by atoms with Crippen molar-refractivity contribution in [3.63, 3.8) is 0 Å². The zero-order chi connectivity index (χ0) is 88.7. The first kappa shape index (κ1) is 103. The maximum absolute atomic E-state index is 15.2. The molecule has 0 aliphatic rings. The number of imide groups is 1. The van der Waals surface area contributed by atoms with Gasteiger partial charge in [-0.3, -0.25) is 91.2 Å². The number of unbranched alkanes of at least 4 members (excludes halogenated alkanes) is 1. The average Bonchev–Trinajstić information content (AvgIpc) is 0.807. The van der Waals surface area contributed by atoms with Crippen LogP contribution in [0.1, 0.15) is 171 Å². The maximum Gasteiger partial charge on any atom is 0.326 e. The molecule has 43 nitrogen and oxygen atoms in total. The van der Waals surface area contributed by atoms with E-state index in [-0.39, 0.29) is 36.5 Å². The second-order valence-electron chi connectivity index (χ2n) is 29.3. The van der Waals surface area contributed by atoms with Gasteiger partial charge in [-0.2, -0.15) is 0 Å². The number of carbonyl (C=O) groups is 19. The number of nitrogens with zero attached hydrogens (tertiary/aromatic N) is 1. The molecule has 0 radical (unpaired) electrons. The Kier molecular flexibility index (Phi) is 46.1. The fraction of sp³-hybridized carbons (Fsp3) is 0.658. The van der Waals surface area contributed by atoms with Gasteiger partial charge in [-0.25, -0.2) is 4.79 Å². The lowest BCUT2D eigenvalue weighted by atomic mass is 9.95. The third-order valence-corrected chi connectivity index (χ3v) is 18.3. The molecule has 1 rings (SSSR count). The van der Waals surface area contributed by atoms with Crippen LogP contribution in [0.4, 0.5) is 0 Å². The number of primary amides is 1. The largest absolute Gasteiger partial charge is 0.481 e. The lowest BCUT2D eigenvalue weighted by Gasteiger charge is -2.36. The average molecular weight is 1650 g/mol. The summed E-state index contributed by atoms with van der Waals surface area (Å²) in [5.74, 6) is -28.6. The quantitative estimate of drug-likeness (QED) is 0.0270. The van der Waals surface area contributed by atoms with Gasteiger partial charge >= 0.3 is 29.8 Å². The van der Waals surface area contributed by atoms with Crippen molar-refractivity contribution in [2.75, 3.05) is 13.2 Å². The maximum atomic E-state index is 15.2. The van der Waals surface area contributed by atoms with Gasteiger partial charge in [0.05, 0.1) is 37.7 Å². The van der Waals surface area contributed by atoms with Gasteiger partial charge in [-0.1, -0.05) is 98.6 Å². The van der Waals surface area contributed by atoms with E-state index >= 15 is 4.79 Å². The Balaban J connectivity index is 3.83. The Morgan fingerprint density at radius 3 is 1.26 bits per heavy atom. The van der Waals surface area contributed by atoms with E-state index in [0.29, 0.717) is 24.9 Å². The van der Waals surface area contributed by atoms with Gasteiger partial charge in [-0.15, -0.1) is 0 Å². The number of amides is 14. The Morgan fingerprint density at radius 2 is 0.845 bits per heavy atom. The van der Waals surface area contributed by atoms with E-state index in [9.17, 15) is 127 Å². The molecule has 0 saturated carbocycles. The van der Waals surface area contributed by atoms with E-state index < -0.39 is 298 Å². The Labute approximate surface area is 669 Å². The van der Waals surface area contributed by atoms with Gasteiger partial charge < -0.3 is 122 Å². The highest BCUT2D eigenvalue weighted by molar-refractivity contribution is 6.06. The van der Waals surface area contributed by atoms with Crippen LogP contribution in [0.3, 0.4) is 0 Å². The molecule has 0 unspecified atom stereocenters. The minimum atomic E-state index is -2.26. The summed E-state index contributed by atoms with van der Waals surface area (Å²) < 4.78 is 0. The predicted molar refractivity (Wildman–Crippen MR) is 408 cm³/mol. The number of hydrogen-bond donors (Lipinski definition) is 23. The molecule has 0 fully saturated rings. The Morgan fingerprint density at radius 1 is 0.440 bits per heavy atom. The first-order chi connectivity index (χ1) is 54.1. The van der Waals surface area contributed by atoms with Gasteiger partial charge in [0.25, 0.3) is 5.91 Å². The van der Waals surface area contributed by atoms with Crippen LogP contribution >= 0.6 is 0 Å². The summed E-state index contributed by atoms with van der Waals surface area (Å²) in [6.45, 7) is 12.9. The number of carboxylic acid groups (broad SMARTS) is 5. The molecule has 0 heterocycles. The molecule has 0 aliphatic heterocycles. The number of carboxylic acids is 5. The summed E-state index contributed by atoms with van der Waals surface area (Å²) in [6.07, 6.45) is -10.6. The van der Waals surface area contributed by atoms with E-state index in [1.54, 1.807) is 51.1 Å². The molecule has 116 heavy (non-hydrogen) atoms. The van der Waals surface area contributed by atoms with Crippen molar-refractivity contribution in [1.82, 2.24) is 63.4 Å². The third-order valence-electron chi connectivity index (χ3n) is 18.3. The normalized spacial score (nSPS) is 15.7. The lowest BCUT2D eigenvalue weighted by Crippen LogP contribution is -2.64. The minimum Gasteiger partial charge on any atom is -0.481 e. The van der Waals surface area contributed by atoms with Crippen LogP contribution in [-0.4, -0.2) is 268 Å². The zero-order valence-corrected chi connectivity index (χ0v) is 66.8. The molecule has 0 aliphatic carbocycles. The van der Waals surface area contributed by atoms with Crippen molar-refractivity contribution in [3.05, 3.63) is 35.9 Å². The topological polar surface area (TPSA) is 726 Å². The minimum absolute atomic E-state index is 0.0533. The first-order valence-electron chi connectivity index (χ1n) is 37.9. The van der Waals surface area contributed by atoms with E-state index in [2.05, 4.69) is 58.5 Å². The van der Waals surface area contributed by atoms with Crippen molar-refractivity contribution in [3.8, 4) is 0 Å². The Hall–Kier alpha value is -10.9. The van der Waals surface area contributed by atoms with Crippen molar-refractivity contribution in [1.29, 1.82) is 0 Å². The summed E-state index contributed by atoms with van der Waals surface area (Å²) in [6, 6.07) is -16.9. The number of aliphatic hydroxyl groups excluding tert-OH is 3. The van der Waals surface area contributed by atoms with Crippen LogP contribution in [0.2, 0.25) is 0 Å². The van der Waals surface area contributed by atoms with Crippen LogP contribution in [0.15, 0.2) is 30.3 Å². The van der Waals surface area contributed by atoms with E-state index in [1.165, 1.54) is 34.6 Å². The highest BCUT2D eigenvalue weighted by atomic mass is 16.4. The SMILES string of the molecule is CC[C@H](C)[C@H](NC(=O)[C@H](CCC(=O)O)NC(=O)[C@H](CCC(=O)O)NC(=O)[C@@H](NC(=O)[C@@H](N)CCCCN)[C@@H](C)O)C(=O)N[C@@H](CO)C(=O)N[C@@H](CCC(=O)O)C(=O)N[C@H](C(=O)N[C@@H](CC(N)=O)C(=O)N(C(=O)C[C@H](O)[C@@H](N)CC(C)C)[C@H](C(=O)N[C@@H](C)C(=O)N[C@@H](CCC(=O)O)C(=O)N[C@@H](Cc1ccccc1)C(=O)O)C(C)C)C(C)C. The second-order valence-corrected chi connectivity index (χ2v) is 29.3. The van der Waals surface area contributed by atoms with Crippen LogP contribution in [0.25, 0.3) is 0 Å². The number of nitrogens with one attached hydrogen (secondary N) is 11. The molecule has 652 valence electrons. The molecule has 14 amide bonds. The number of benzene rings is 1. The number of hydrogen-bond acceptors (Lipinski definition) is 25. The van der Waals surface area contributed by atoms with E-state index in [4.69, 9.17) is 22.9 Å². The van der Waals surface area contributed by atoms with Gasteiger partial charge in [0.1, 0.15) is 72.5 Å². The summed E-state index contributed by atoms with van der Waals surface area (Å²) in [7, 11) is 0. The summed E-state index contributed by atoms with van der Waals surface area (Å²) in [5, 5.41) is 106. The summed E-state index contributed by atoms with van der Waals surface area (Å²) in [5.41, 5.74) is 23.8. The molecular formula is C73H118N16O27. The van der Waals surface area contributed by atoms with Crippen LogP contribution < -0.4 is 81.4 Å². The molecule has 0 bridgehead atoms. The summed E-state index contributed by atoms with van der Waals surface area (Å²) >= 11 is 0. The second kappa shape index (κ2) is 51.8. The summed E-state index contributed by atoms with van der Waals surface area (Å²) in [4.78, 5) is 257. The van der Waals surface area contributed by atoms with Crippen molar-refractivity contribution in [2.45, 2.75) is 269 Å². The number of aliphatic carboxylic acids is 5. The number of aliphatic hydroxyl groups is 3. The van der Waals surface area contributed by atoms with E-state index in [0.717, 1.165) is 13.8 Å². The predicted octanol–water partition coefficient (Wildman–Crippen LogP) is -5.96. The molecule has 43 heteroatoms. The molecule has 1 aromatic carbocycles. The third kappa shape index (κ3) is 37.2. The number of nitrogens with two attached hydrogens (primary N) is 4. The standard InChI is InChI=1S/C73H118N16O27/c1-11-37(8)58(87-66(108)46(23-27-56(101)102)80-63(105)44(21-25-54(97)98)82-70(112)59(39(10)91)88-62(104)41(75)19-15-16-28-74)69(111)85-49(33-90)67(109)81-45(22-26-55(99)100)65(107)86-57(35(4)5)68(110)83-47(31-51(77)93)72(114)89(52(94)32-50(92)42(76)29-34(2)3)60(36(6)7)71(113)78-38(9)61(103)79-43(20-24-53(95)96)64(106)84-48(73(115)116)30-40-17-13-12-14-18-40/h12-14,17-18,34-39,41-50,57-60,90-92H,11,15-16,19-33,74-76H2,1-10H3,(H2,77,93)(H,78,113)(H,79,103)(H,80,105)(H,81,109)(H,82,112)(H,83,110)(H,84,106)(H,85,111)(H,86,107)(H,87,108)(H,88,104)(H,95,96)(H,97,98)(H,99,100)(H,101,102)(H,115,116)/t37-,38-,39+,41-,42-,43-,44-,45-,46-,47-,48-,49-,50-,57-,58-,59-,60-/m0/s1. The van der Waals surface area contributed by atoms with Crippen molar-refractivity contribution >= 4 is 113 Å². The molecular weight excluding hydrogens is 1530 g/mol. The smallest absolute Gasteiger partial charge is 0.326 e. The number of carbonyl (C=O) groups excluding carboxylic acids is 14. The van der Waals surface area contributed by atoms with E-state index in [1.807, 2.05) is 0 Å². The van der Waals surface area contributed by atoms with Crippen molar-refractivity contribution in [2.24, 2.45) is 46.6 Å². The van der Waals surface area contributed by atoms with Gasteiger partial charge in [0.15, 0.2) is 0 Å². The number of rotatable bonds is 56. The molecule has 27 N–H and O–H groups in total. The van der Waals surface area contributed by atoms with Crippen LogP contribution in [-0.2, 0) is 97.5 Å². The van der Waals surface area contributed by atoms with Gasteiger partial charge in [0, 0.05) is 38.1 Å². The van der Waals surface area contributed by atoms with Gasteiger partial charge in [0.2, 0.25) is 76.8 Å².